The van der Waals surface area contributed by atoms with Crippen LogP contribution >= 0.6 is 11.6 Å². The molecule has 2 aromatic rings. The summed E-state index contributed by atoms with van der Waals surface area (Å²) in [5.74, 6) is 0. The van der Waals surface area contributed by atoms with E-state index in [2.05, 4.69) is 4.98 Å². The summed E-state index contributed by atoms with van der Waals surface area (Å²) in [6.45, 7) is 0. The Hall–Kier alpha value is -0.620. The van der Waals surface area contributed by atoms with Gasteiger partial charge in [0, 0.05) is 40.6 Å². The Balaban J connectivity index is 0.000000980. The Morgan fingerprint density at radius 2 is 2.21 bits per heavy atom. The Kier molecular flexibility index (Phi) is 3.49. The summed E-state index contributed by atoms with van der Waals surface area (Å²) in [6.07, 6.45) is 0. The monoisotopic (exact) mass is 220 g/mol. The molecule has 0 saturated heterocycles. The number of H-pyrrole nitrogens is 1. The molecule has 0 aliphatic carbocycles. The van der Waals surface area contributed by atoms with Crippen LogP contribution in [0.15, 0.2) is 23.0 Å². The van der Waals surface area contributed by atoms with Crippen molar-refractivity contribution in [3.63, 3.8) is 0 Å². The van der Waals surface area contributed by atoms with Gasteiger partial charge in [0.05, 0.1) is 0 Å². The molecule has 0 aliphatic rings. The quantitative estimate of drug-likeness (QED) is 0.381. The molecule has 0 bridgehead atoms. The number of halogens is 1. The van der Waals surface area contributed by atoms with Gasteiger partial charge in [-0.2, -0.15) is 4.98 Å². The van der Waals surface area contributed by atoms with E-state index in [4.69, 9.17) is 11.6 Å². The van der Waals surface area contributed by atoms with Crippen LogP contribution in [-0.2, 0) is 0 Å². The van der Waals surface area contributed by atoms with Crippen LogP contribution in [0, 0.1) is 5.21 Å². The summed E-state index contributed by atoms with van der Waals surface area (Å²) in [6, 6.07) is 4.52. The first-order valence-corrected chi connectivity index (χ1v) is 3.84. The first-order chi connectivity index (χ1) is 6.16. The van der Waals surface area contributed by atoms with Gasteiger partial charge in [-0.1, -0.05) is 21.5 Å². The molecule has 1 heterocycles. The minimum atomic E-state index is -0.676. The zero-order valence-electron chi connectivity index (χ0n) is 7.32. The van der Waals surface area contributed by atoms with Crippen LogP contribution in [-0.4, -0.2) is 39.6 Å². The van der Waals surface area contributed by atoms with E-state index in [1.807, 2.05) is 5.10 Å². The van der Waals surface area contributed by atoms with E-state index in [0.717, 1.165) is 0 Å². The molecule has 0 amide bonds. The molecule has 2 rings (SSSR count). The summed E-state index contributed by atoms with van der Waals surface area (Å²) in [5, 5.41) is 13.5. The molecule has 1 aromatic heterocycles. The Labute approximate surface area is 106 Å². The second-order valence-corrected chi connectivity index (χ2v) is 2.89. The number of fused-ring (bicyclic) bond motifs is 1. The summed E-state index contributed by atoms with van der Waals surface area (Å²) < 4.78 is 0. The normalized spacial score (nSPS) is 9.79. The van der Waals surface area contributed by atoms with Gasteiger partial charge in [-0.05, 0) is 12.1 Å². The van der Waals surface area contributed by atoms with Gasteiger partial charge in [0.1, 0.15) is 5.52 Å². The molecule has 1 radical (unpaired) electrons. The largest absolute Gasteiger partial charge is 0.595 e. The van der Waals surface area contributed by atoms with Crippen LogP contribution in [0.3, 0.4) is 0 Å². The molecule has 7 heteroatoms. The standard InChI is InChI=1S/C7H4ClN3O2.Na/c8-4-1-2-5-6(3-4)11(13)10-7(12)9-5;/h1-3H,(H,9,10,12);. The molecule has 14 heavy (non-hydrogen) atoms. The predicted molar refractivity (Wildman–Crippen MR) is 52.1 cm³/mol. The Morgan fingerprint density at radius 3 is 2.93 bits per heavy atom. The predicted octanol–water partition coefficient (Wildman–Crippen LogP) is -0.171. The first-order valence-electron chi connectivity index (χ1n) is 3.46. The van der Waals surface area contributed by atoms with Crippen LogP contribution in [0.2, 0.25) is 5.02 Å². The average Bonchev–Trinajstić information content (AvgIpc) is 2.06. The van der Waals surface area contributed by atoms with Crippen molar-refractivity contribution in [2.24, 2.45) is 0 Å². The molecule has 0 fully saturated rings. The van der Waals surface area contributed by atoms with Crippen molar-refractivity contribution in [3.05, 3.63) is 38.9 Å². The van der Waals surface area contributed by atoms with Gasteiger partial charge in [-0.25, -0.2) is 4.79 Å². The van der Waals surface area contributed by atoms with E-state index >= 15 is 0 Å². The smallest absolute Gasteiger partial charge is 0.395 e. The van der Waals surface area contributed by atoms with E-state index in [1.165, 1.54) is 12.1 Å². The zero-order valence-corrected chi connectivity index (χ0v) is 10.1. The SMILES string of the molecule is O=c1nc2ccc(Cl)cc2[n+]([O-])[nH]1.[Na]. The van der Waals surface area contributed by atoms with Crippen LogP contribution < -0.4 is 10.5 Å². The van der Waals surface area contributed by atoms with Gasteiger partial charge in [-0.15, -0.1) is 0 Å². The van der Waals surface area contributed by atoms with Crippen molar-refractivity contribution >= 4 is 52.2 Å². The minimum Gasteiger partial charge on any atom is -0.595 e. The van der Waals surface area contributed by atoms with E-state index < -0.39 is 5.69 Å². The average molecular weight is 221 g/mol. The van der Waals surface area contributed by atoms with Crippen LogP contribution in [0.25, 0.3) is 11.0 Å². The number of nitrogens with zero attached hydrogens (tertiary/aromatic N) is 2. The fourth-order valence-corrected chi connectivity index (χ4v) is 1.20. The number of hydrogen-bond donors (Lipinski definition) is 1. The molecule has 67 valence electrons. The maximum Gasteiger partial charge on any atom is 0.395 e. The zero-order chi connectivity index (χ0) is 9.42. The molecule has 1 N–H and O–H groups in total. The van der Waals surface area contributed by atoms with Gasteiger partial charge in [0.2, 0.25) is 0 Å². The summed E-state index contributed by atoms with van der Waals surface area (Å²) in [7, 11) is 0. The molecule has 5 nitrogen and oxygen atoms in total. The van der Waals surface area contributed by atoms with Crippen molar-refractivity contribution in [2.75, 3.05) is 0 Å². The van der Waals surface area contributed by atoms with Gasteiger partial charge in [0.25, 0.3) is 5.52 Å². The van der Waals surface area contributed by atoms with Crippen molar-refractivity contribution in [3.8, 4) is 0 Å². The van der Waals surface area contributed by atoms with Crippen molar-refractivity contribution in [1.29, 1.82) is 0 Å². The maximum absolute atomic E-state index is 11.1. The third kappa shape index (κ3) is 2.06. The van der Waals surface area contributed by atoms with Crippen molar-refractivity contribution < 1.29 is 4.85 Å². The van der Waals surface area contributed by atoms with Crippen LogP contribution in [0.1, 0.15) is 0 Å². The van der Waals surface area contributed by atoms with Gasteiger partial charge < -0.3 is 5.21 Å². The number of hydrogen-bond acceptors (Lipinski definition) is 3. The van der Waals surface area contributed by atoms with Crippen LogP contribution in [0.5, 0.6) is 0 Å². The topological polar surface area (TPSA) is 72.7 Å². The number of rotatable bonds is 0. The molecule has 0 unspecified atom stereocenters. The third-order valence-electron chi connectivity index (χ3n) is 1.58. The minimum absolute atomic E-state index is 0. The first kappa shape index (κ1) is 11.5. The van der Waals surface area contributed by atoms with E-state index in [1.54, 1.807) is 6.07 Å². The summed E-state index contributed by atoms with van der Waals surface area (Å²) in [5.41, 5.74) is -0.111. The number of aromatic nitrogens is 3. The number of benzene rings is 1. The molecule has 0 spiro atoms. The fourth-order valence-electron chi connectivity index (χ4n) is 1.04. The molecule has 0 aliphatic heterocycles. The van der Waals surface area contributed by atoms with Crippen molar-refractivity contribution in [1.82, 2.24) is 10.1 Å². The molecule has 0 atom stereocenters. The summed E-state index contributed by atoms with van der Waals surface area (Å²) in [4.78, 5) is 14.7. The van der Waals surface area contributed by atoms with Crippen LogP contribution in [0.4, 0.5) is 0 Å². The van der Waals surface area contributed by atoms with Gasteiger partial charge >= 0.3 is 5.69 Å². The second-order valence-electron chi connectivity index (χ2n) is 2.46. The van der Waals surface area contributed by atoms with E-state index in [9.17, 15) is 10.0 Å². The number of nitrogens with one attached hydrogen (secondary N) is 1. The summed E-state index contributed by atoms with van der Waals surface area (Å²) >= 11 is 5.66. The van der Waals surface area contributed by atoms with E-state index in [0.29, 0.717) is 15.4 Å². The Bertz CT molecular complexity index is 528. The van der Waals surface area contributed by atoms with Gasteiger partial charge in [-0.3, -0.25) is 0 Å². The van der Waals surface area contributed by atoms with Crippen molar-refractivity contribution in [2.45, 2.75) is 0 Å². The molecular formula is C7H4ClN3NaO2. The maximum atomic E-state index is 11.1. The molecular weight excluding hydrogens is 217 g/mol. The van der Waals surface area contributed by atoms with Gasteiger partial charge in [0.15, 0.2) is 0 Å². The number of aromatic amines is 1. The molecule has 0 saturated carbocycles. The van der Waals surface area contributed by atoms with E-state index in [-0.39, 0.29) is 35.1 Å². The third-order valence-corrected chi connectivity index (χ3v) is 1.81. The second kappa shape index (κ2) is 4.27. The molecule has 1 aromatic carbocycles. The fraction of sp³-hybridized carbons (Fsp3) is 0. The Morgan fingerprint density at radius 1 is 1.50 bits per heavy atom.